The number of rotatable bonds is 8. The molecule has 0 aliphatic rings. The van der Waals surface area contributed by atoms with Gasteiger partial charge in [0, 0.05) is 11.6 Å². The van der Waals surface area contributed by atoms with Crippen molar-refractivity contribution in [1.82, 2.24) is 14.8 Å². The van der Waals surface area contributed by atoms with Crippen LogP contribution < -0.4 is 11.1 Å². The number of amides is 1. The molecule has 1 N–H and O–H groups in total. The Labute approximate surface area is 175 Å². The summed E-state index contributed by atoms with van der Waals surface area (Å²) in [5, 5.41) is 3.67. The first-order valence-electron chi connectivity index (χ1n) is 9.84. The van der Waals surface area contributed by atoms with Gasteiger partial charge in [-0.25, -0.2) is 4.79 Å². The van der Waals surface area contributed by atoms with Crippen LogP contribution in [0, 0.1) is 0 Å². The van der Waals surface area contributed by atoms with Gasteiger partial charge in [-0.3, -0.25) is 14.3 Å². The third-order valence-electron chi connectivity index (χ3n) is 5.27. The molecule has 1 amide bonds. The number of nitrogens with zero attached hydrogens (tertiary/aromatic N) is 2. The highest BCUT2D eigenvalue weighted by atomic mass is 35.5. The summed E-state index contributed by atoms with van der Waals surface area (Å²) in [4.78, 5) is 27.4. The first kappa shape index (κ1) is 21.1. The largest absolute Gasteiger partial charge is 0.420 e. The summed E-state index contributed by atoms with van der Waals surface area (Å²) in [7, 11) is 0. The average Bonchev–Trinajstić information content (AvgIpc) is 3.06. The molecule has 0 spiro atoms. The summed E-state index contributed by atoms with van der Waals surface area (Å²) in [6.07, 6.45) is 0. The maximum atomic E-state index is 12.9. The van der Waals surface area contributed by atoms with E-state index in [1.54, 1.807) is 25.1 Å². The molecular formula is C22H26ClN3O3. The van der Waals surface area contributed by atoms with Gasteiger partial charge >= 0.3 is 5.76 Å². The van der Waals surface area contributed by atoms with Crippen LogP contribution >= 0.6 is 11.6 Å². The second-order valence-electron chi connectivity index (χ2n) is 6.89. The highest BCUT2D eigenvalue weighted by Crippen LogP contribution is 2.27. The van der Waals surface area contributed by atoms with Crippen LogP contribution in [0.3, 0.4) is 0 Å². The molecule has 0 radical (unpaired) electrons. The van der Waals surface area contributed by atoms with Gasteiger partial charge in [0.1, 0.15) is 6.04 Å². The minimum absolute atomic E-state index is 0.0623. The fraction of sp³-hybridized carbons (Fsp3) is 0.364. The Morgan fingerprint density at radius 2 is 1.79 bits per heavy atom. The first-order valence-corrected chi connectivity index (χ1v) is 10.2. The topological polar surface area (TPSA) is 67.5 Å². The zero-order valence-electron chi connectivity index (χ0n) is 16.9. The number of fused-ring (bicyclic) bond motifs is 1. The molecule has 2 unspecified atom stereocenters. The summed E-state index contributed by atoms with van der Waals surface area (Å²) < 4.78 is 6.64. The molecule has 6 nitrogen and oxygen atoms in total. The fourth-order valence-corrected chi connectivity index (χ4v) is 3.92. The van der Waals surface area contributed by atoms with E-state index in [0.717, 1.165) is 18.7 Å². The van der Waals surface area contributed by atoms with Crippen molar-refractivity contribution in [2.24, 2.45) is 0 Å². The molecule has 29 heavy (non-hydrogen) atoms. The quantitative estimate of drug-likeness (QED) is 0.603. The Morgan fingerprint density at radius 1 is 1.14 bits per heavy atom. The van der Waals surface area contributed by atoms with Gasteiger partial charge in [0.25, 0.3) is 0 Å². The van der Waals surface area contributed by atoms with Crippen molar-refractivity contribution in [3.05, 3.63) is 69.7 Å². The molecule has 0 aliphatic heterocycles. The van der Waals surface area contributed by atoms with Crippen molar-refractivity contribution in [2.75, 3.05) is 19.6 Å². The molecule has 0 fully saturated rings. The van der Waals surface area contributed by atoms with Crippen molar-refractivity contribution in [3.63, 3.8) is 0 Å². The molecule has 7 heteroatoms. The maximum absolute atomic E-state index is 12.9. The van der Waals surface area contributed by atoms with Crippen LogP contribution in [0.2, 0.25) is 5.02 Å². The van der Waals surface area contributed by atoms with Gasteiger partial charge in [-0.2, -0.15) is 0 Å². The summed E-state index contributed by atoms with van der Waals surface area (Å²) in [5.41, 5.74) is 2.04. The van der Waals surface area contributed by atoms with Crippen LogP contribution in [0.1, 0.15) is 38.4 Å². The van der Waals surface area contributed by atoms with Gasteiger partial charge in [-0.1, -0.05) is 55.8 Å². The van der Waals surface area contributed by atoms with E-state index >= 15 is 0 Å². The van der Waals surface area contributed by atoms with Crippen LogP contribution in [0.4, 0.5) is 0 Å². The van der Waals surface area contributed by atoms with Crippen molar-refractivity contribution in [3.8, 4) is 0 Å². The molecule has 2 atom stereocenters. The average molecular weight is 416 g/mol. The second-order valence-corrected chi connectivity index (χ2v) is 7.29. The highest BCUT2D eigenvalue weighted by Gasteiger charge is 2.25. The highest BCUT2D eigenvalue weighted by molar-refractivity contribution is 6.31. The number of halogens is 1. The molecular weight excluding hydrogens is 390 g/mol. The maximum Gasteiger partial charge on any atom is 0.420 e. The monoisotopic (exact) mass is 415 g/mol. The lowest BCUT2D eigenvalue weighted by atomic mass is 10.0. The summed E-state index contributed by atoms with van der Waals surface area (Å²) in [6, 6.07) is 14.0. The van der Waals surface area contributed by atoms with Gasteiger partial charge in [0.2, 0.25) is 5.91 Å². The van der Waals surface area contributed by atoms with Crippen molar-refractivity contribution in [2.45, 2.75) is 32.9 Å². The van der Waals surface area contributed by atoms with Gasteiger partial charge in [0.15, 0.2) is 5.58 Å². The first-order chi connectivity index (χ1) is 14.0. The van der Waals surface area contributed by atoms with Gasteiger partial charge < -0.3 is 9.73 Å². The number of benzene rings is 2. The predicted octanol–water partition coefficient (Wildman–Crippen LogP) is 4.01. The number of carbonyl (C=O) groups is 1. The van der Waals surface area contributed by atoms with Crippen molar-refractivity contribution >= 4 is 28.6 Å². The molecule has 0 bridgehead atoms. The lowest BCUT2D eigenvalue weighted by molar-refractivity contribution is -0.124. The number of oxazole rings is 1. The number of para-hydroxylation sites is 2. The number of hydrogen-bond acceptors (Lipinski definition) is 4. The number of hydrogen-bond donors (Lipinski definition) is 1. The fourth-order valence-electron chi connectivity index (χ4n) is 3.66. The van der Waals surface area contributed by atoms with Gasteiger partial charge in [-0.05, 0) is 43.8 Å². The van der Waals surface area contributed by atoms with Gasteiger partial charge in [-0.15, -0.1) is 0 Å². The van der Waals surface area contributed by atoms with Crippen LogP contribution in [0.15, 0.2) is 57.7 Å². The Kier molecular flexibility index (Phi) is 6.77. The van der Waals surface area contributed by atoms with Crippen LogP contribution in [0.5, 0.6) is 0 Å². The SMILES string of the molecule is CCN(CC)C(CNC(=O)C(C)n1c(=O)oc2ccccc21)c1ccccc1Cl. The number of likely N-dealkylation sites (N-methyl/N-ethyl adjacent to an activating group) is 1. The lowest BCUT2D eigenvalue weighted by Gasteiger charge is -2.31. The third-order valence-corrected chi connectivity index (χ3v) is 5.62. The van der Waals surface area contributed by atoms with Crippen LogP contribution in [0.25, 0.3) is 11.1 Å². The zero-order valence-corrected chi connectivity index (χ0v) is 17.6. The normalized spacial score (nSPS) is 13.6. The standard InChI is InChI=1S/C22H26ClN3O3/c1-4-25(5-2)19(16-10-6-7-11-17(16)23)14-24-21(27)15(3)26-18-12-8-9-13-20(18)29-22(26)28/h6-13,15,19H,4-5,14H2,1-3H3,(H,24,27). The molecule has 2 aromatic carbocycles. The summed E-state index contributed by atoms with van der Waals surface area (Å²) in [6.45, 7) is 7.89. The molecule has 0 saturated carbocycles. The van der Waals surface area contributed by atoms with Crippen LogP contribution in [-0.2, 0) is 4.79 Å². The molecule has 1 aromatic heterocycles. The van der Waals surface area contributed by atoms with Crippen molar-refractivity contribution < 1.29 is 9.21 Å². The van der Waals surface area contributed by atoms with E-state index in [1.807, 2.05) is 30.3 Å². The van der Waals surface area contributed by atoms with E-state index in [4.69, 9.17) is 16.0 Å². The third kappa shape index (κ3) is 4.38. The summed E-state index contributed by atoms with van der Waals surface area (Å²) in [5.74, 6) is -0.789. The molecule has 3 rings (SSSR count). The molecule has 1 heterocycles. The van der Waals surface area contributed by atoms with E-state index in [0.29, 0.717) is 22.7 Å². The molecule has 0 saturated heterocycles. The Hall–Kier alpha value is -2.57. The molecule has 154 valence electrons. The predicted molar refractivity (Wildman–Crippen MR) is 115 cm³/mol. The number of carbonyl (C=O) groups excluding carboxylic acids is 1. The van der Waals surface area contributed by atoms with Gasteiger partial charge in [0.05, 0.1) is 11.6 Å². The smallest absolute Gasteiger partial charge is 0.408 e. The van der Waals surface area contributed by atoms with Crippen LogP contribution in [-0.4, -0.2) is 35.0 Å². The molecule has 3 aromatic rings. The Balaban J connectivity index is 1.82. The van der Waals surface area contributed by atoms with E-state index in [9.17, 15) is 9.59 Å². The van der Waals surface area contributed by atoms with E-state index in [2.05, 4.69) is 24.1 Å². The number of nitrogens with one attached hydrogen (secondary N) is 1. The van der Waals surface area contributed by atoms with E-state index < -0.39 is 11.8 Å². The molecule has 0 aliphatic carbocycles. The van der Waals surface area contributed by atoms with E-state index in [1.165, 1.54) is 4.57 Å². The second kappa shape index (κ2) is 9.29. The Bertz CT molecular complexity index is 1040. The summed E-state index contributed by atoms with van der Waals surface area (Å²) >= 11 is 6.43. The van der Waals surface area contributed by atoms with Crippen molar-refractivity contribution in [1.29, 1.82) is 0 Å². The Morgan fingerprint density at radius 3 is 2.48 bits per heavy atom. The lowest BCUT2D eigenvalue weighted by Crippen LogP contribution is -2.41. The number of aromatic nitrogens is 1. The minimum atomic E-state index is -0.699. The minimum Gasteiger partial charge on any atom is -0.408 e. The van der Waals surface area contributed by atoms with E-state index in [-0.39, 0.29) is 11.9 Å². The zero-order chi connectivity index (χ0) is 21.0.